The Hall–Kier alpha value is -2.38. The van der Waals surface area contributed by atoms with Crippen LogP contribution in [0.1, 0.15) is 59.3 Å². The van der Waals surface area contributed by atoms with E-state index in [4.69, 9.17) is 11.5 Å². The molecule has 0 aromatic heterocycles. The van der Waals surface area contributed by atoms with E-state index in [1.54, 1.807) is 0 Å². The Balaban J connectivity index is 2.83. The van der Waals surface area contributed by atoms with E-state index >= 15 is 0 Å². The average molecular weight is 545 g/mol. The molecular formula is C24H44N6O6S. The van der Waals surface area contributed by atoms with Crippen molar-refractivity contribution in [3.63, 3.8) is 0 Å². The fraction of sp³-hybridized carbons (Fsp3) is 0.792. The van der Waals surface area contributed by atoms with Crippen molar-refractivity contribution in [3.8, 4) is 0 Å². The lowest BCUT2D eigenvalue weighted by Gasteiger charge is -2.29. The van der Waals surface area contributed by atoms with Gasteiger partial charge >= 0.3 is 5.97 Å². The van der Waals surface area contributed by atoms with Crippen LogP contribution in [-0.4, -0.2) is 94.9 Å². The number of carbonyl (C=O) groups excluding carboxylic acids is 4. The Morgan fingerprint density at radius 2 is 1.68 bits per heavy atom. The van der Waals surface area contributed by atoms with Crippen molar-refractivity contribution >= 4 is 41.4 Å². The molecule has 212 valence electrons. The summed E-state index contributed by atoms with van der Waals surface area (Å²) in [6.07, 6.45) is 4.67. The van der Waals surface area contributed by atoms with Gasteiger partial charge in [0.25, 0.3) is 0 Å². The van der Waals surface area contributed by atoms with Crippen LogP contribution in [-0.2, 0) is 24.0 Å². The molecule has 0 aliphatic carbocycles. The Morgan fingerprint density at radius 1 is 1.00 bits per heavy atom. The fourth-order valence-corrected chi connectivity index (χ4v) is 4.49. The zero-order valence-corrected chi connectivity index (χ0v) is 23.1. The zero-order valence-electron chi connectivity index (χ0n) is 22.3. The van der Waals surface area contributed by atoms with E-state index in [1.165, 1.54) is 23.6 Å². The molecule has 4 amide bonds. The summed E-state index contributed by atoms with van der Waals surface area (Å²) in [5.74, 6) is -2.56. The van der Waals surface area contributed by atoms with Crippen molar-refractivity contribution in [2.75, 3.05) is 25.1 Å². The van der Waals surface area contributed by atoms with Crippen molar-refractivity contribution in [2.24, 2.45) is 17.4 Å². The van der Waals surface area contributed by atoms with E-state index in [9.17, 15) is 29.1 Å². The Morgan fingerprint density at radius 3 is 2.24 bits per heavy atom. The van der Waals surface area contributed by atoms with Crippen LogP contribution in [0, 0.1) is 5.92 Å². The normalized spacial score (nSPS) is 18.6. The molecule has 0 radical (unpaired) electrons. The number of carboxylic acid groups (broad SMARTS) is 1. The van der Waals surface area contributed by atoms with Crippen molar-refractivity contribution < 1.29 is 29.1 Å². The molecule has 1 aliphatic heterocycles. The number of amides is 4. The summed E-state index contributed by atoms with van der Waals surface area (Å²) in [6, 6.07) is -4.46. The van der Waals surface area contributed by atoms with Gasteiger partial charge in [0, 0.05) is 6.54 Å². The minimum atomic E-state index is -1.14. The van der Waals surface area contributed by atoms with Gasteiger partial charge in [0.1, 0.15) is 24.2 Å². The van der Waals surface area contributed by atoms with Gasteiger partial charge < -0.3 is 37.4 Å². The summed E-state index contributed by atoms with van der Waals surface area (Å²) >= 11 is 1.52. The topological polar surface area (TPSA) is 197 Å². The number of unbranched alkanes of at least 4 members (excludes halogenated alkanes) is 1. The highest BCUT2D eigenvalue weighted by atomic mass is 32.2. The molecule has 0 spiro atoms. The van der Waals surface area contributed by atoms with Crippen LogP contribution in [0.15, 0.2) is 0 Å². The largest absolute Gasteiger partial charge is 0.480 e. The van der Waals surface area contributed by atoms with Crippen LogP contribution < -0.4 is 27.4 Å². The van der Waals surface area contributed by atoms with Crippen LogP contribution in [0.4, 0.5) is 0 Å². The Labute approximate surface area is 223 Å². The molecule has 0 aromatic rings. The summed E-state index contributed by atoms with van der Waals surface area (Å²) in [5, 5.41) is 17.3. The highest BCUT2D eigenvalue weighted by molar-refractivity contribution is 7.98. The maximum absolute atomic E-state index is 13.2. The number of thioether (sulfide) groups is 1. The second-order valence-electron chi connectivity index (χ2n) is 9.72. The number of rotatable bonds is 16. The van der Waals surface area contributed by atoms with Gasteiger partial charge in [-0.05, 0) is 69.9 Å². The second kappa shape index (κ2) is 16.5. The van der Waals surface area contributed by atoms with E-state index in [0.717, 1.165) is 0 Å². The summed E-state index contributed by atoms with van der Waals surface area (Å²) in [7, 11) is 0. The molecule has 1 saturated heterocycles. The van der Waals surface area contributed by atoms with E-state index in [0.29, 0.717) is 50.9 Å². The minimum Gasteiger partial charge on any atom is -0.480 e. The first-order valence-electron chi connectivity index (χ1n) is 12.8. The molecule has 8 N–H and O–H groups in total. The van der Waals surface area contributed by atoms with Gasteiger partial charge in [0.05, 0.1) is 6.04 Å². The second-order valence-corrected chi connectivity index (χ2v) is 10.7. The molecular weight excluding hydrogens is 500 g/mol. The van der Waals surface area contributed by atoms with Crippen molar-refractivity contribution in [2.45, 2.75) is 89.5 Å². The van der Waals surface area contributed by atoms with Crippen LogP contribution in [0.3, 0.4) is 0 Å². The number of nitrogens with two attached hydrogens (primary N) is 2. The smallest absolute Gasteiger partial charge is 0.326 e. The number of carbonyl (C=O) groups is 5. The van der Waals surface area contributed by atoms with E-state index < -0.39 is 59.8 Å². The van der Waals surface area contributed by atoms with Gasteiger partial charge in [-0.15, -0.1) is 0 Å². The third kappa shape index (κ3) is 10.5. The minimum absolute atomic E-state index is 0.107. The predicted molar refractivity (Wildman–Crippen MR) is 143 cm³/mol. The zero-order chi connectivity index (χ0) is 28.1. The van der Waals surface area contributed by atoms with Crippen molar-refractivity contribution in [3.05, 3.63) is 0 Å². The van der Waals surface area contributed by atoms with Gasteiger partial charge in [-0.25, -0.2) is 4.79 Å². The SMILES string of the molecule is CSCC[C@H](NC(=O)[C@@H](N)C(C)C)C(=O)N[C@@H](C)C(=O)N1CCC[C@H]1C(=O)N[C@@H](CCCCN)C(=O)O. The monoisotopic (exact) mass is 544 g/mol. The molecule has 5 atom stereocenters. The third-order valence-corrected chi connectivity index (χ3v) is 7.04. The number of carboxylic acids is 1. The number of likely N-dealkylation sites (tertiary alicyclic amines) is 1. The summed E-state index contributed by atoms with van der Waals surface area (Å²) in [5.41, 5.74) is 11.4. The van der Waals surface area contributed by atoms with Crippen LogP contribution in [0.5, 0.6) is 0 Å². The summed E-state index contributed by atoms with van der Waals surface area (Å²) < 4.78 is 0. The third-order valence-electron chi connectivity index (χ3n) is 6.39. The molecule has 0 aromatic carbocycles. The molecule has 1 fully saturated rings. The number of hydrogen-bond acceptors (Lipinski definition) is 8. The molecule has 0 saturated carbocycles. The van der Waals surface area contributed by atoms with E-state index in [-0.39, 0.29) is 12.3 Å². The first-order valence-corrected chi connectivity index (χ1v) is 14.2. The molecule has 13 heteroatoms. The van der Waals surface area contributed by atoms with Gasteiger partial charge in [0.2, 0.25) is 23.6 Å². The van der Waals surface area contributed by atoms with Crippen molar-refractivity contribution in [1.29, 1.82) is 0 Å². The lowest BCUT2D eigenvalue weighted by molar-refractivity contribution is -0.145. The molecule has 0 unspecified atom stereocenters. The summed E-state index contributed by atoms with van der Waals surface area (Å²) in [4.78, 5) is 64.4. The van der Waals surface area contributed by atoms with Gasteiger partial charge in [0.15, 0.2) is 0 Å². The molecule has 12 nitrogen and oxygen atoms in total. The standard InChI is InChI=1S/C24H44N6O6S/c1-14(2)19(26)22(33)28-16(10-13-37-4)20(31)27-15(3)23(34)30-12-7-9-18(30)21(32)29-17(24(35)36)8-5-6-11-25/h14-19H,5-13,25-26H2,1-4H3,(H,27,31)(H,28,33)(H,29,32)(H,35,36)/t15-,16-,17-,18-,19-/m0/s1. The maximum Gasteiger partial charge on any atom is 0.326 e. The highest BCUT2D eigenvalue weighted by Gasteiger charge is 2.38. The maximum atomic E-state index is 13.2. The number of nitrogens with one attached hydrogen (secondary N) is 3. The van der Waals surface area contributed by atoms with E-state index in [2.05, 4.69) is 16.0 Å². The van der Waals surface area contributed by atoms with Crippen LogP contribution in [0.25, 0.3) is 0 Å². The lowest BCUT2D eigenvalue weighted by Crippen LogP contribution is -2.58. The van der Waals surface area contributed by atoms with Gasteiger partial charge in [-0.2, -0.15) is 11.8 Å². The predicted octanol–water partition coefficient (Wildman–Crippen LogP) is -0.598. The quantitative estimate of drug-likeness (QED) is 0.137. The number of hydrogen-bond donors (Lipinski definition) is 6. The molecule has 1 aliphatic rings. The Kier molecular flexibility index (Phi) is 14.5. The molecule has 0 bridgehead atoms. The van der Waals surface area contributed by atoms with Crippen molar-refractivity contribution in [1.82, 2.24) is 20.9 Å². The fourth-order valence-electron chi connectivity index (χ4n) is 4.02. The van der Waals surface area contributed by atoms with Crippen LogP contribution in [0.2, 0.25) is 0 Å². The number of nitrogens with zero attached hydrogens (tertiary/aromatic N) is 1. The Bertz CT molecular complexity index is 798. The first kappa shape index (κ1) is 32.6. The van der Waals surface area contributed by atoms with E-state index in [1.807, 2.05) is 20.1 Å². The van der Waals surface area contributed by atoms with Crippen LogP contribution >= 0.6 is 11.8 Å². The van der Waals surface area contributed by atoms with Gasteiger partial charge in [-0.1, -0.05) is 13.8 Å². The molecule has 1 rings (SSSR count). The average Bonchev–Trinajstić information content (AvgIpc) is 3.34. The van der Waals surface area contributed by atoms with Gasteiger partial charge in [-0.3, -0.25) is 19.2 Å². The number of aliphatic carboxylic acids is 1. The summed E-state index contributed by atoms with van der Waals surface area (Å²) in [6.45, 7) is 5.89. The molecule has 37 heavy (non-hydrogen) atoms. The first-order chi connectivity index (χ1) is 17.4. The molecule has 1 heterocycles. The lowest BCUT2D eigenvalue weighted by atomic mass is 10.0. The highest BCUT2D eigenvalue weighted by Crippen LogP contribution is 2.19.